The van der Waals surface area contributed by atoms with Gasteiger partial charge in [-0.05, 0) is 36.6 Å². The highest BCUT2D eigenvalue weighted by molar-refractivity contribution is 6.10. The minimum absolute atomic E-state index is 0.0335. The summed E-state index contributed by atoms with van der Waals surface area (Å²) in [5.41, 5.74) is 2.21. The zero-order chi connectivity index (χ0) is 15.0. The number of amides is 1. The summed E-state index contributed by atoms with van der Waals surface area (Å²) < 4.78 is 14.1. The number of ketones is 1. The van der Waals surface area contributed by atoms with Gasteiger partial charge in [-0.25, -0.2) is 4.39 Å². The molecule has 21 heavy (non-hydrogen) atoms. The zero-order valence-electron chi connectivity index (χ0n) is 11.6. The van der Waals surface area contributed by atoms with E-state index in [0.29, 0.717) is 23.2 Å². The molecular weight excluding hydrogens is 269 g/mol. The monoisotopic (exact) mass is 283 g/mol. The Bertz CT molecular complexity index is 752. The number of rotatable bonds is 2. The van der Waals surface area contributed by atoms with Gasteiger partial charge in [-0.3, -0.25) is 9.59 Å². The number of carbonyl (C=O) groups is 2. The average Bonchev–Trinajstić information content (AvgIpc) is 2.49. The number of halogens is 1. The van der Waals surface area contributed by atoms with Crippen molar-refractivity contribution in [2.24, 2.45) is 0 Å². The molecule has 1 aliphatic heterocycles. The Morgan fingerprint density at radius 1 is 1.24 bits per heavy atom. The van der Waals surface area contributed by atoms with E-state index in [1.807, 2.05) is 0 Å². The van der Waals surface area contributed by atoms with E-state index in [0.717, 1.165) is 12.0 Å². The fraction of sp³-hybridized carbons (Fsp3) is 0.176. The van der Waals surface area contributed by atoms with Gasteiger partial charge in [0.15, 0.2) is 5.78 Å². The van der Waals surface area contributed by atoms with Crippen LogP contribution < -0.4 is 5.32 Å². The molecule has 106 valence electrons. The fourth-order valence-electron chi connectivity index (χ4n) is 2.53. The van der Waals surface area contributed by atoms with Crippen LogP contribution in [0.4, 0.5) is 4.39 Å². The highest BCUT2D eigenvalue weighted by atomic mass is 19.1. The summed E-state index contributed by atoms with van der Waals surface area (Å²) in [6.07, 6.45) is 0.744. The molecule has 2 aromatic rings. The van der Waals surface area contributed by atoms with Gasteiger partial charge in [-0.2, -0.15) is 0 Å². The van der Waals surface area contributed by atoms with Crippen LogP contribution in [0.2, 0.25) is 0 Å². The molecule has 2 aromatic carbocycles. The summed E-state index contributed by atoms with van der Waals surface area (Å²) in [5, 5.41) is 2.74. The molecule has 0 aliphatic carbocycles. The van der Waals surface area contributed by atoms with Crippen molar-refractivity contribution >= 4 is 11.7 Å². The second-order valence-corrected chi connectivity index (χ2v) is 5.14. The maximum atomic E-state index is 14.1. The predicted molar refractivity (Wildman–Crippen MR) is 77.0 cm³/mol. The summed E-state index contributed by atoms with van der Waals surface area (Å²) >= 11 is 0. The van der Waals surface area contributed by atoms with Crippen molar-refractivity contribution in [2.45, 2.75) is 13.3 Å². The first-order valence-corrected chi connectivity index (χ1v) is 6.79. The predicted octanol–water partition coefficient (Wildman–Crippen LogP) is 2.65. The van der Waals surface area contributed by atoms with Crippen molar-refractivity contribution in [2.75, 3.05) is 6.54 Å². The SMILES string of the molecule is Cc1cccc(C(=O)c2ccc3c(c2)C(=O)NCC3)c1F. The van der Waals surface area contributed by atoms with Crippen LogP contribution in [0.5, 0.6) is 0 Å². The molecule has 0 radical (unpaired) electrons. The minimum Gasteiger partial charge on any atom is -0.352 e. The summed E-state index contributed by atoms with van der Waals surface area (Å²) in [6.45, 7) is 2.22. The molecule has 0 unspecified atom stereocenters. The first-order valence-electron chi connectivity index (χ1n) is 6.79. The highest BCUT2D eigenvalue weighted by Crippen LogP contribution is 2.20. The first kappa shape index (κ1) is 13.5. The van der Waals surface area contributed by atoms with Crippen molar-refractivity contribution in [3.05, 3.63) is 70.0 Å². The lowest BCUT2D eigenvalue weighted by Gasteiger charge is -2.17. The standard InChI is InChI=1S/C17H14FNO2/c1-10-3-2-4-13(15(10)18)16(20)12-6-5-11-7-8-19-17(21)14(11)9-12/h2-6,9H,7-8H2,1H3,(H,19,21). The molecule has 1 amide bonds. The summed E-state index contributed by atoms with van der Waals surface area (Å²) in [5.74, 6) is -1.10. The number of aryl methyl sites for hydroxylation is 1. The molecule has 1 aliphatic rings. The second kappa shape index (κ2) is 5.13. The first-order chi connectivity index (χ1) is 10.1. The van der Waals surface area contributed by atoms with Crippen LogP contribution in [-0.2, 0) is 6.42 Å². The number of hydrogen-bond acceptors (Lipinski definition) is 2. The summed E-state index contributed by atoms with van der Waals surface area (Å²) in [7, 11) is 0. The van der Waals surface area contributed by atoms with E-state index in [1.165, 1.54) is 6.07 Å². The van der Waals surface area contributed by atoms with Crippen molar-refractivity contribution in [3.63, 3.8) is 0 Å². The van der Waals surface area contributed by atoms with E-state index in [2.05, 4.69) is 5.32 Å². The Morgan fingerprint density at radius 3 is 2.86 bits per heavy atom. The topological polar surface area (TPSA) is 46.2 Å². The number of benzene rings is 2. The van der Waals surface area contributed by atoms with Crippen LogP contribution in [0.1, 0.15) is 37.4 Å². The smallest absolute Gasteiger partial charge is 0.251 e. The molecule has 4 heteroatoms. The van der Waals surface area contributed by atoms with Crippen LogP contribution >= 0.6 is 0 Å². The fourth-order valence-corrected chi connectivity index (χ4v) is 2.53. The summed E-state index contributed by atoms with van der Waals surface area (Å²) in [4.78, 5) is 24.3. The molecule has 1 N–H and O–H groups in total. The normalized spacial score (nSPS) is 13.5. The molecular formula is C17H14FNO2. The molecule has 1 heterocycles. The lowest BCUT2D eigenvalue weighted by atomic mass is 9.94. The minimum atomic E-state index is -0.510. The van der Waals surface area contributed by atoms with Gasteiger partial charge in [0.1, 0.15) is 5.82 Å². The zero-order valence-corrected chi connectivity index (χ0v) is 11.6. The Labute approximate surface area is 121 Å². The lowest BCUT2D eigenvalue weighted by Crippen LogP contribution is -2.32. The van der Waals surface area contributed by atoms with Gasteiger partial charge < -0.3 is 5.32 Å². The van der Waals surface area contributed by atoms with Crippen LogP contribution in [0.3, 0.4) is 0 Å². The molecule has 0 saturated carbocycles. The average molecular weight is 283 g/mol. The largest absolute Gasteiger partial charge is 0.352 e. The van der Waals surface area contributed by atoms with E-state index < -0.39 is 11.6 Å². The molecule has 3 rings (SSSR count). The van der Waals surface area contributed by atoms with Gasteiger partial charge in [0, 0.05) is 17.7 Å². The van der Waals surface area contributed by atoms with Crippen LogP contribution in [0.15, 0.2) is 36.4 Å². The summed E-state index contributed by atoms with van der Waals surface area (Å²) in [6, 6.07) is 9.71. The van der Waals surface area contributed by atoms with Gasteiger partial charge >= 0.3 is 0 Å². The van der Waals surface area contributed by atoms with Crippen LogP contribution in [0.25, 0.3) is 0 Å². The molecule has 0 bridgehead atoms. The highest BCUT2D eigenvalue weighted by Gasteiger charge is 2.20. The molecule has 0 aromatic heterocycles. The quantitative estimate of drug-likeness (QED) is 0.861. The van der Waals surface area contributed by atoms with E-state index >= 15 is 0 Å². The van der Waals surface area contributed by atoms with Crippen LogP contribution in [0, 0.1) is 12.7 Å². The maximum absolute atomic E-state index is 14.1. The Kier molecular flexibility index (Phi) is 3.29. The van der Waals surface area contributed by atoms with E-state index in [9.17, 15) is 14.0 Å². The van der Waals surface area contributed by atoms with Gasteiger partial charge in [0.2, 0.25) is 0 Å². The van der Waals surface area contributed by atoms with Crippen molar-refractivity contribution in [1.29, 1.82) is 0 Å². The third-order valence-corrected chi connectivity index (χ3v) is 3.73. The van der Waals surface area contributed by atoms with Gasteiger partial charge in [-0.15, -0.1) is 0 Å². The molecule has 3 nitrogen and oxygen atoms in total. The molecule has 0 atom stereocenters. The van der Waals surface area contributed by atoms with E-state index in [-0.39, 0.29) is 11.5 Å². The number of fused-ring (bicyclic) bond motifs is 1. The van der Waals surface area contributed by atoms with Crippen molar-refractivity contribution < 1.29 is 14.0 Å². The maximum Gasteiger partial charge on any atom is 0.251 e. The van der Waals surface area contributed by atoms with Gasteiger partial charge in [0.05, 0.1) is 5.56 Å². The Morgan fingerprint density at radius 2 is 2.05 bits per heavy atom. The van der Waals surface area contributed by atoms with Gasteiger partial charge in [0.25, 0.3) is 5.91 Å². The molecule has 0 spiro atoms. The number of carbonyl (C=O) groups excluding carboxylic acids is 2. The number of nitrogens with one attached hydrogen (secondary N) is 1. The third kappa shape index (κ3) is 2.33. The third-order valence-electron chi connectivity index (χ3n) is 3.73. The molecule has 0 saturated heterocycles. The van der Waals surface area contributed by atoms with E-state index in [4.69, 9.17) is 0 Å². The van der Waals surface area contributed by atoms with Crippen LogP contribution in [-0.4, -0.2) is 18.2 Å². The van der Waals surface area contributed by atoms with Crippen molar-refractivity contribution in [1.82, 2.24) is 5.32 Å². The second-order valence-electron chi connectivity index (χ2n) is 5.14. The molecule has 0 fully saturated rings. The number of hydrogen-bond donors (Lipinski definition) is 1. The Hall–Kier alpha value is -2.49. The lowest BCUT2D eigenvalue weighted by molar-refractivity contribution is 0.0946. The Balaban J connectivity index is 2.05. The van der Waals surface area contributed by atoms with Crippen molar-refractivity contribution in [3.8, 4) is 0 Å². The van der Waals surface area contributed by atoms with Gasteiger partial charge in [-0.1, -0.05) is 24.3 Å². The van der Waals surface area contributed by atoms with E-state index in [1.54, 1.807) is 37.3 Å².